The molecule has 4 atom stereocenters. The van der Waals surface area contributed by atoms with Crippen LogP contribution in [0.3, 0.4) is 0 Å². The number of halogens is 1. The third-order valence-corrected chi connectivity index (χ3v) is 5.85. The molecule has 26 heavy (non-hydrogen) atoms. The Morgan fingerprint density at radius 1 is 1.31 bits per heavy atom. The van der Waals surface area contributed by atoms with Crippen molar-refractivity contribution < 1.29 is 19.3 Å². The van der Waals surface area contributed by atoms with Crippen LogP contribution in [0, 0.1) is 0 Å². The lowest BCUT2D eigenvalue weighted by atomic mass is 9.85. The second kappa shape index (κ2) is 6.11. The summed E-state index contributed by atoms with van der Waals surface area (Å²) in [6.45, 7) is 2.10. The molecule has 2 aromatic rings. The number of imidazole rings is 1. The van der Waals surface area contributed by atoms with E-state index in [4.69, 9.17) is 4.74 Å². The molecule has 2 unspecified atom stereocenters. The van der Waals surface area contributed by atoms with Crippen LogP contribution in [0.5, 0.6) is 0 Å². The summed E-state index contributed by atoms with van der Waals surface area (Å²) in [5, 5.41) is 23.4. The van der Waals surface area contributed by atoms with Crippen LogP contribution < -0.4 is 5.32 Å². The van der Waals surface area contributed by atoms with Crippen molar-refractivity contribution >= 4 is 17.0 Å². The summed E-state index contributed by atoms with van der Waals surface area (Å²) in [5.74, 6) is 0.615. The van der Waals surface area contributed by atoms with Gasteiger partial charge in [-0.3, -0.25) is 4.57 Å². The van der Waals surface area contributed by atoms with E-state index in [0.29, 0.717) is 23.0 Å². The highest BCUT2D eigenvalue weighted by Gasteiger charge is 2.63. The van der Waals surface area contributed by atoms with Crippen LogP contribution in [-0.4, -0.2) is 59.8 Å². The fourth-order valence-corrected chi connectivity index (χ4v) is 3.92. The van der Waals surface area contributed by atoms with Gasteiger partial charge >= 0.3 is 0 Å². The van der Waals surface area contributed by atoms with Gasteiger partial charge in [-0.05, 0) is 26.7 Å². The molecular formula is C17H24FN5O3. The number of fused-ring (bicyclic) bond motifs is 1. The first-order valence-electron chi connectivity index (χ1n) is 8.98. The molecule has 142 valence electrons. The minimum atomic E-state index is -2.14. The minimum Gasteiger partial charge on any atom is -0.394 e. The Balaban J connectivity index is 1.72. The third-order valence-electron chi connectivity index (χ3n) is 5.85. The number of aliphatic hydroxyl groups excluding tert-OH is 1. The minimum absolute atomic E-state index is 0.354. The Kier molecular flexibility index (Phi) is 4.13. The predicted octanol–water partition coefficient (Wildman–Crippen LogP) is 1.55. The molecule has 2 fully saturated rings. The van der Waals surface area contributed by atoms with E-state index in [-0.39, 0.29) is 0 Å². The Labute approximate surface area is 150 Å². The Bertz CT molecular complexity index is 803. The number of nitrogens with one attached hydrogen (secondary N) is 1. The summed E-state index contributed by atoms with van der Waals surface area (Å²) >= 11 is 0. The number of rotatable bonds is 4. The van der Waals surface area contributed by atoms with E-state index in [9.17, 15) is 10.2 Å². The first kappa shape index (κ1) is 17.6. The van der Waals surface area contributed by atoms with Crippen LogP contribution in [0.15, 0.2) is 12.7 Å². The van der Waals surface area contributed by atoms with E-state index in [2.05, 4.69) is 20.3 Å². The molecule has 3 heterocycles. The number of nitrogens with zero attached hydrogens (tertiary/aromatic N) is 4. The van der Waals surface area contributed by atoms with Crippen molar-refractivity contribution in [3.8, 4) is 0 Å². The third kappa shape index (κ3) is 2.49. The maximum Gasteiger partial charge on any atom is 0.183 e. The molecule has 0 amide bonds. The van der Waals surface area contributed by atoms with Gasteiger partial charge in [0.25, 0.3) is 0 Å². The van der Waals surface area contributed by atoms with Gasteiger partial charge in [0.05, 0.1) is 12.9 Å². The molecule has 2 aromatic heterocycles. The maximum absolute atomic E-state index is 15.4. The normalized spacial score (nSPS) is 35.4. The summed E-state index contributed by atoms with van der Waals surface area (Å²) in [6, 6.07) is 0.354. The van der Waals surface area contributed by atoms with Crippen LogP contribution in [0.2, 0.25) is 0 Å². The molecule has 0 aromatic carbocycles. The topological polar surface area (TPSA) is 105 Å². The molecule has 4 rings (SSSR count). The Morgan fingerprint density at radius 3 is 2.69 bits per heavy atom. The number of hydrogen-bond acceptors (Lipinski definition) is 7. The average Bonchev–Trinajstić information content (AvgIpc) is 3.28. The summed E-state index contributed by atoms with van der Waals surface area (Å²) in [6.07, 6.45) is 5.19. The van der Waals surface area contributed by atoms with E-state index in [1.807, 2.05) is 0 Å². The number of aliphatic hydroxyl groups is 2. The van der Waals surface area contributed by atoms with Crippen molar-refractivity contribution in [2.75, 3.05) is 11.9 Å². The fraction of sp³-hybridized carbons (Fsp3) is 0.706. The lowest BCUT2D eigenvalue weighted by Crippen LogP contribution is -2.51. The van der Waals surface area contributed by atoms with Gasteiger partial charge in [0.1, 0.15) is 18.0 Å². The Hall–Kier alpha value is -1.84. The highest BCUT2D eigenvalue weighted by Crippen LogP contribution is 2.48. The smallest absolute Gasteiger partial charge is 0.183 e. The second-order valence-electron chi connectivity index (χ2n) is 7.55. The molecule has 0 bridgehead atoms. The van der Waals surface area contributed by atoms with Gasteiger partial charge in [-0.2, -0.15) is 0 Å². The van der Waals surface area contributed by atoms with E-state index in [0.717, 1.165) is 12.8 Å². The molecule has 0 spiro atoms. The fourth-order valence-electron chi connectivity index (χ4n) is 3.92. The zero-order chi connectivity index (χ0) is 18.5. The van der Waals surface area contributed by atoms with Crippen molar-refractivity contribution in [3.05, 3.63) is 12.7 Å². The van der Waals surface area contributed by atoms with Crippen molar-refractivity contribution in [1.29, 1.82) is 0 Å². The quantitative estimate of drug-likeness (QED) is 0.755. The lowest BCUT2D eigenvalue weighted by molar-refractivity contribution is -0.0891. The molecule has 9 heteroatoms. The number of ether oxygens (including phenoxy) is 1. The van der Waals surface area contributed by atoms with E-state index in [1.54, 1.807) is 0 Å². The maximum atomic E-state index is 15.4. The van der Waals surface area contributed by atoms with Crippen LogP contribution in [0.4, 0.5) is 10.2 Å². The molecule has 3 N–H and O–H groups in total. The predicted molar refractivity (Wildman–Crippen MR) is 92.3 cm³/mol. The zero-order valence-electron chi connectivity index (χ0n) is 14.9. The van der Waals surface area contributed by atoms with Crippen LogP contribution in [0.25, 0.3) is 11.2 Å². The molecule has 2 aliphatic rings. The van der Waals surface area contributed by atoms with E-state index >= 15 is 4.39 Å². The van der Waals surface area contributed by atoms with Crippen LogP contribution in [-0.2, 0) is 4.74 Å². The summed E-state index contributed by atoms with van der Waals surface area (Å²) in [5.41, 5.74) is -3.03. The van der Waals surface area contributed by atoms with E-state index in [1.165, 1.54) is 43.9 Å². The van der Waals surface area contributed by atoms with Crippen molar-refractivity contribution in [2.24, 2.45) is 0 Å². The average molecular weight is 365 g/mol. The number of anilines is 1. The summed E-state index contributed by atoms with van der Waals surface area (Å²) < 4.78 is 22.5. The monoisotopic (exact) mass is 365 g/mol. The number of aromatic nitrogens is 4. The summed E-state index contributed by atoms with van der Waals surface area (Å²) in [7, 11) is 0. The van der Waals surface area contributed by atoms with Crippen molar-refractivity contribution in [1.82, 2.24) is 19.5 Å². The SMILES string of the molecule is CC1(O)[C@@H](CO)OC(n2cnc3c(NC4CCCC4)ncnc32)[C@]1(C)F. The first-order chi connectivity index (χ1) is 12.4. The number of alkyl halides is 1. The van der Waals surface area contributed by atoms with Crippen molar-refractivity contribution in [3.63, 3.8) is 0 Å². The molecule has 1 aliphatic heterocycles. The highest BCUT2D eigenvalue weighted by atomic mass is 19.1. The van der Waals surface area contributed by atoms with Gasteiger partial charge in [-0.25, -0.2) is 19.3 Å². The Morgan fingerprint density at radius 2 is 2.04 bits per heavy atom. The van der Waals surface area contributed by atoms with Gasteiger partial charge in [0, 0.05) is 6.04 Å². The molecular weight excluding hydrogens is 341 g/mol. The van der Waals surface area contributed by atoms with Crippen molar-refractivity contribution in [2.45, 2.75) is 69.2 Å². The van der Waals surface area contributed by atoms with Gasteiger partial charge in [0.2, 0.25) is 0 Å². The van der Waals surface area contributed by atoms with Gasteiger partial charge in [0.15, 0.2) is 28.9 Å². The second-order valence-corrected chi connectivity index (χ2v) is 7.55. The first-order valence-corrected chi connectivity index (χ1v) is 8.98. The summed E-state index contributed by atoms with van der Waals surface area (Å²) in [4.78, 5) is 12.9. The molecule has 0 radical (unpaired) electrons. The number of hydrogen-bond donors (Lipinski definition) is 3. The molecule has 8 nitrogen and oxygen atoms in total. The standard InChI is InChI=1S/C17H24FN5O3/c1-16(18)15(26-11(7-24)17(16,2)25)23-9-21-12-13(19-8-20-14(12)23)22-10-5-3-4-6-10/h8-11,15,24-25H,3-7H2,1-2H3,(H,19,20,22)/t11-,15?,16+,17?/m1/s1. The molecule has 1 aliphatic carbocycles. The molecule has 1 saturated heterocycles. The van der Waals surface area contributed by atoms with Crippen LogP contribution >= 0.6 is 0 Å². The van der Waals surface area contributed by atoms with Gasteiger partial charge in [-0.1, -0.05) is 12.8 Å². The zero-order valence-corrected chi connectivity index (χ0v) is 14.9. The largest absolute Gasteiger partial charge is 0.394 e. The highest BCUT2D eigenvalue weighted by molar-refractivity contribution is 5.82. The van der Waals surface area contributed by atoms with Crippen LogP contribution in [0.1, 0.15) is 45.8 Å². The molecule has 1 saturated carbocycles. The lowest BCUT2D eigenvalue weighted by Gasteiger charge is -2.32. The van der Waals surface area contributed by atoms with E-state index < -0.39 is 30.2 Å². The van der Waals surface area contributed by atoms with Gasteiger partial charge in [-0.15, -0.1) is 0 Å². The van der Waals surface area contributed by atoms with Gasteiger partial charge < -0.3 is 20.3 Å².